The van der Waals surface area contributed by atoms with Gasteiger partial charge in [-0.05, 0) is 60.0 Å². The number of aldehydes is 1. The first-order chi connectivity index (χ1) is 24.1. The second kappa shape index (κ2) is 20.0. The molecule has 0 saturated carbocycles. The number of allylic oxidation sites excluding steroid dienone is 2. The summed E-state index contributed by atoms with van der Waals surface area (Å²) in [5, 5.41) is 34.3. The van der Waals surface area contributed by atoms with E-state index in [1.165, 1.54) is 7.11 Å². The molecular formula is C37H63NO13. The van der Waals surface area contributed by atoms with Crippen molar-refractivity contribution in [2.24, 2.45) is 11.8 Å². The number of aliphatic hydroxyl groups excluding tert-OH is 3. The van der Waals surface area contributed by atoms with Gasteiger partial charge in [0.05, 0.1) is 48.6 Å². The molecule has 3 rings (SSSR count). The quantitative estimate of drug-likeness (QED) is 0.221. The van der Waals surface area contributed by atoms with Gasteiger partial charge in [0, 0.05) is 40.6 Å². The number of hydrogen-bond acceptors (Lipinski definition) is 14. The van der Waals surface area contributed by atoms with Gasteiger partial charge in [0.1, 0.15) is 36.8 Å². The van der Waals surface area contributed by atoms with Crippen molar-refractivity contribution in [3.63, 3.8) is 0 Å². The van der Waals surface area contributed by atoms with Crippen LogP contribution in [0.25, 0.3) is 0 Å². The van der Waals surface area contributed by atoms with Gasteiger partial charge < -0.3 is 62.9 Å². The summed E-state index contributed by atoms with van der Waals surface area (Å²) >= 11 is 0. The summed E-state index contributed by atoms with van der Waals surface area (Å²) in [6, 6.07) is -0.649. The van der Waals surface area contributed by atoms with Crippen molar-refractivity contribution < 1.29 is 62.8 Å². The number of cyclic esters (lactones) is 1. The van der Waals surface area contributed by atoms with E-state index >= 15 is 0 Å². The Bertz CT molecular complexity index is 1140. The molecule has 14 heteroatoms. The minimum Gasteiger partial charge on any atom is -0.462 e. The fourth-order valence-corrected chi connectivity index (χ4v) is 7.65. The van der Waals surface area contributed by atoms with Gasteiger partial charge in [0.2, 0.25) is 0 Å². The van der Waals surface area contributed by atoms with Gasteiger partial charge in [-0.25, -0.2) is 0 Å². The molecule has 1 unspecified atom stereocenters. The molecule has 0 amide bonds. The summed E-state index contributed by atoms with van der Waals surface area (Å²) in [4.78, 5) is 26.8. The number of likely N-dealkylation sites (N-methyl/N-ethyl adjacent to an activating group) is 1. The largest absolute Gasteiger partial charge is 0.462 e. The average molecular weight is 730 g/mol. The van der Waals surface area contributed by atoms with Crippen molar-refractivity contribution in [3.05, 3.63) is 24.3 Å². The highest BCUT2D eigenvalue weighted by Crippen LogP contribution is 2.38. The van der Waals surface area contributed by atoms with E-state index in [2.05, 4.69) is 0 Å². The molecule has 3 aliphatic rings. The zero-order chi connectivity index (χ0) is 38.0. The number of methoxy groups -OCH3 is 3. The lowest BCUT2D eigenvalue weighted by atomic mass is 9.82. The van der Waals surface area contributed by atoms with Crippen LogP contribution >= 0.6 is 0 Å². The molecule has 2 saturated heterocycles. The molecule has 0 bridgehead atoms. The van der Waals surface area contributed by atoms with Crippen molar-refractivity contribution in [1.82, 2.24) is 4.90 Å². The topological polar surface area (TPSA) is 172 Å². The van der Waals surface area contributed by atoms with Gasteiger partial charge in [-0.15, -0.1) is 0 Å². The molecule has 3 aliphatic heterocycles. The highest BCUT2D eigenvalue weighted by molar-refractivity contribution is 5.70. The molecule has 0 aromatic heterocycles. The van der Waals surface area contributed by atoms with Gasteiger partial charge >= 0.3 is 5.97 Å². The SMILES string of the molecule is CO[C@H]1[C@H](O)CC(=O)O[C@H](C)C/C=C/C=C/[C@H](O)[C@H](C)CC(CC=O)[C@@H]1O[C@@H]1O[C@H](C)[C@@H](O[C@H]2C[C@@](C)(OC)[C@@H](OC)[C@H](C)O2)[C@H](N(C)C)[C@H]1O. The number of aliphatic hydroxyl groups is 3. The molecular weight excluding hydrogens is 666 g/mol. The lowest BCUT2D eigenvalue weighted by Crippen LogP contribution is -2.66. The minimum atomic E-state index is -1.40. The van der Waals surface area contributed by atoms with E-state index in [1.54, 1.807) is 39.4 Å². The van der Waals surface area contributed by atoms with Crippen LogP contribution in [-0.2, 0) is 47.5 Å². The molecule has 3 heterocycles. The molecule has 0 aromatic carbocycles. The summed E-state index contributed by atoms with van der Waals surface area (Å²) in [6.07, 6.45) is -1.72. The van der Waals surface area contributed by atoms with Crippen molar-refractivity contribution >= 4 is 12.3 Å². The van der Waals surface area contributed by atoms with Crippen molar-refractivity contribution in [1.29, 1.82) is 0 Å². The van der Waals surface area contributed by atoms with E-state index in [-0.39, 0.29) is 31.0 Å². The van der Waals surface area contributed by atoms with Crippen LogP contribution in [-0.4, -0.2) is 153 Å². The number of rotatable bonds is 10. The van der Waals surface area contributed by atoms with E-state index in [0.29, 0.717) is 12.8 Å². The Kier molecular flexibility index (Phi) is 17.1. The van der Waals surface area contributed by atoms with Crippen LogP contribution in [0, 0.1) is 11.8 Å². The molecule has 0 aliphatic carbocycles. The molecule has 294 valence electrons. The second-order valence-electron chi connectivity index (χ2n) is 14.7. The third kappa shape index (κ3) is 11.3. The van der Waals surface area contributed by atoms with Crippen LogP contribution in [0.15, 0.2) is 24.3 Å². The van der Waals surface area contributed by atoms with E-state index < -0.39 is 91.4 Å². The highest BCUT2D eigenvalue weighted by atomic mass is 16.7. The monoisotopic (exact) mass is 729 g/mol. The lowest BCUT2D eigenvalue weighted by molar-refractivity contribution is -0.346. The summed E-state index contributed by atoms with van der Waals surface area (Å²) in [6.45, 7) is 9.24. The number of esters is 1. The Morgan fingerprint density at radius 2 is 1.67 bits per heavy atom. The van der Waals surface area contributed by atoms with Crippen LogP contribution in [0.4, 0.5) is 0 Å². The molecule has 0 radical (unpaired) electrons. The van der Waals surface area contributed by atoms with Crippen LogP contribution in [0.2, 0.25) is 0 Å². The maximum atomic E-state index is 12.9. The molecule has 0 aromatic rings. The molecule has 2 fully saturated rings. The maximum Gasteiger partial charge on any atom is 0.308 e. The fraction of sp³-hybridized carbons (Fsp3) is 0.838. The number of ether oxygens (including phenoxy) is 8. The molecule has 16 atom stereocenters. The Morgan fingerprint density at radius 3 is 2.27 bits per heavy atom. The molecule has 51 heavy (non-hydrogen) atoms. The Labute approximate surface area is 303 Å². The molecule has 3 N–H and O–H groups in total. The molecule has 14 nitrogen and oxygen atoms in total. The van der Waals surface area contributed by atoms with E-state index in [9.17, 15) is 24.9 Å². The van der Waals surface area contributed by atoms with Crippen LogP contribution in [0.5, 0.6) is 0 Å². The Hall–Kier alpha value is -1.82. The minimum absolute atomic E-state index is 0.0153. The van der Waals surface area contributed by atoms with E-state index in [4.69, 9.17) is 37.9 Å². The normalized spacial score (nSPS) is 44.8. The Morgan fingerprint density at radius 1 is 0.961 bits per heavy atom. The number of nitrogens with zero attached hydrogens (tertiary/aromatic N) is 1. The Balaban J connectivity index is 1.95. The summed E-state index contributed by atoms with van der Waals surface area (Å²) in [5.74, 6) is -1.58. The fourth-order valence-electron chi connectivity index (χ4n) is 7.65. The lowest BCUT2D eigenvalue weighted by Gasteiger charge is -2.51. The van der Waals surface area contributed by atoms with Crippen LogP contribution in [0.3, 0.4) is 0 Å². The highest BCUT2D eigenvalue weighted by Gasteiger charge is 2.52. The predicted molar refractivity (Wildman–Crippen MR) is 187 cm³/mol. The van der Waals surface area contributed by atoms with E-state index in [0.717, 1.165) is 6.29 Å². The van der Waals surface area contributed by atoms with Gasteiger partial charge in [-0.2, -0.15) is 0 Å². The second-order valence-corrected chi connectivity index (χ2v) is 14.7. The van der Waals surface area contributed by atoms with Crippen molar-refractivity contribution in [2.45, 2.75) is 152 Å². The first kappa shape index (κ1) is 43.6. The molecule has 0 spiro atoms. The summed E-state index contributed by atoms with van der Waals surface area (Å²) < 4.78 is 48.5. The van der Waals surface area contributed by atoms with Crippen LogP contribution < -0.4 is 0 Å². The zero-order valence-corrected chi connectivity index (χ0v) is 32.0. The standard InChI is InChI=1S/C37H63NO13/c1-21-18-25(16-17-39)33(34(44-8)27(41)19-28(42)47-22(2)14-12-11-13-15-26(21)40)51-36-31(43)30(38(6)7)32(23(3)49-36)50-29-20-37(5,46-10)35(45-9)24(4)48-29/h11-13,15,17,21-27,29-36,40-41,43H,14,16,18-20H2,1-10H3/b12-11+,15-13+/t21-,22-,23-,24+,25?,26+,27-,29+,30-,31-,32-,33+,34+,35+,36+,37-/m1/s1. The van der Waals surface area contributed by atoms with Gasteiger partial charge in [-0.3, -0.25) is 4.79 Å². The maximum absolute atomic E-state index is 12.9. The third-order valence-electron chi connectivity index (χ3n) is 10.5. The summed E-state index contributed by atoms with van der Waals surface area (Å²) in [5.41, 5.74) is -0.691. The van der Waals surface area contributed by atoms with Crippen molar-refractivity contribution in [3.8, 4) is 0 Å². The summed E-state index contributed by atoms with van der Waals surface area (Å²) in [7, 11) is 8.23. The van der Waals surface area contributed by atoms with Gasteiger partial charge in [-0.1, -0.05) is 31.2 Å². The van der Waals surface area contributed by atoms with E-state index in [1.807, 2.05) is 52.8 Å². The zero-order valence-electron chi connectivity index (χ0n) is 32.0. The van der Waals surface area contributed by atoms with Crippen molar-refractivity contribution in [2.75, 3.05) is 35.4 Å². The first-order valence-electron chi connectivity index (χ1n) is 18.0. The van der Waals surface area contributed by atoms with Crippen LogP contribution in [0.1, 0.15) is 66.7 Å². The first-order valence-corrected chi connectivity index (χ1v) is 18.0. The van der Waals surface area contributed by atoms with Gasteiger partial charge in [0.25, 0.3) is 0 Å². The predicted octanol–water partition coefficient (Wildman–Crippen LogP) is 2.15. The third-order valence-corrected chi connectivity index (χ3v) is 10.5. The number of hydrogen-bond donors (Lipinski definition) is 3. The average Bonchev–Trinajstić information content (AvgIpc) is 3.05. The smallest absolute Gasteiger partial charge is 0.308 e. The number of carbonyl (C=O) groups excluding carboxylic acids is 2. The number of carbonyl (C=O) groups is 2. The van der Waals surface area contributed by atoms with Gasteiger partial charge in [0.15, 0.2) is 12.6 Å².